The van der Waals surface area contributed by atoms with Crippen LogP contribution in [0.4, 0.5) is 10.1 Å². The van der Waals surface area contributed by atoms with Crippen LogP contribution in [0, 0.1) is 6.92 Å². The zero-order valence-corrected chi connectivity index (χ0v) is 12.8. The first-order chi connectivity index (χ1) is 10.4. The lowest BCUT2D eigenvalue weighted by Gasteiger charge is -2.10. The molecule has 1 atom stereocenters. The third-order valence-corrected chi connectivity index (χ3v) is 3.52. The highest BCUT2D eigenvalue weighted by Crippen LogP contribution is 2.09. The maximum Gasteiger partial charge on any atom is 0.328 e. The van der Waals surface area contributed by atoms with E-state index in [1.54, 1.807) is 12.1 Å². The van der Waals surface area contributed by atoms with E-state index in [9.17, 15) is 18.8 Å². The van der Waals surface area contributed by atoms with Crippen molar-refractivity contribution in [2.75, 3.05) is 23.5 Å². The summed E-state index contributed by atoms with van der Waals surface area (Å²) in [5.74, 6) is -2.42. The smallest absolute Gasteiger partial charge is 0.328 e. The van der Waals surface area contributed by atoms with E-state index < -0.39 is 24.6 Å². The molecular formula is C14H17FN2O4S. The van der Waals surface area contributed by atoms with Crippen LogP contribution in [0.25, 0.3) is 0 Å². The molecule has 0 spiro atoms. The fourth-order valence-electron chi connectivity index (χ4n) is 1.47. The van der Waals surface area contributed by atoms with Gasteiger partial charge < -0.3 is 15.7 Å². The maximum absolute atomic E-state index is 12.3. The van der Waals surface area contributed by atoms with E-state index in [4.69, 9.17) is 5.11 Å². The summed E-state index contributed by atoms with van der Waals surface area (Å²) < 4.78 is 12.3. The Morgan fingerprint density at radius 3 is 2.32 bits per heavy atom. The van der Waals surface area contributed by atoms with E-state index in [1.165, 1.54) is 0 Å². The molecule has 0 aliphatic heterocycles. The topological polar surface area (TPSA) is 95.5 Å². The molecule has 0 radical (unpaired) electrons. The van der Waals surface area contributed by atoms with Crippen LogP contribution in [0.5, 0.6) is 0 Å². The van der Waals surface area contributed by atoms with E-state index in [1.807, 2.05) is 24.4 Å². The molecule has 1 aromatic carbocycles. The number of rotatable bonds is 8. The van der Waals surface area contributed by atoms with Gasteiger partial charge in [-0.2, -0.15) is 0 Å². The van der Waals surface area contributed by atoms with Gasteiger partial charge in [0.15, 0.2) is 6.04 Å². The standard InChI is InChI=1S/C14H17FN2O4S/c1-9-2-4-10(5-3-9)16-12(18)7-22-8-13(19)17-11(6-15)14(20)21/h2-5,11H,6-8H2,1H3,(H,16,18)(H,17,19)(H,20,21). The first-order valence-electron chi connectivity index (χ1n) is 6.44. The Labute approximate surface area is 131 Å². The fourth-order valence-corrected chi connectivity index (χ4v) is 2.10. The number of nitrogens with one attached hydrogen (secondary N) is 2. The van der Waals surface area contributed by atoms with Crippen molar-refractivity contribution in [1.82, 2.24) is 5.32 Å². The number of hydrogen-bond donors (Lipinski definition) is 3. The SMILES string of the molecule is Cc1ccc(NC(=O)CSCC(=O)NC(CF)C(=O)O)cc1. The number of halogens is 1. The van der Waals surface area contributed by atoms with Gasteiger partial charge in [-0.1, -0.05) is 17.7 Å². The first-order valence-corrected chi connectivity index (χ1v) is 7.60. The number of carbonyl (C=O) groups is 3. The van der Waals surface area contributed by atoms with Gasteiger partial charge in [-0.15, -0.1) is 11.8 Å². The monoisotopic (exact) mass is 328 g/mol. The summed E-state index contributed by atoms with van der Waals surface area (Å²) in [7, 11) is 0. The number of anilines is 1. The van der Waals surface area contributed by atoms with Crippen LogP contribution in [0.15, 0.2) is 24.3 Å². The summed E-state index contributed by atoms with van der Waals surface area (Å²) in [6.07, 6.45) is 0. The van der Waals surface area contributed by atoms with E-state index in [-0.39, 0.29) is 17.4 Å². The predicted molar refractivity (Wildman–Crippen MR) is 82.7 cm³/mol. The van der Waals surface area contributed by atoms with Crippen LogP contribution in [-0.4, -0.2) is 47.1 Å². The highest BCUT2D eigenvalue weighted by atomic mass is 32.2. The molecule has 1 unspecified atom stereocenters. The molecule has 0 bridgehead atoms. The molecule has 0 aromatic heterocycles. The van der Waals surface area contributed by atoms with E-state index in [0.29, 0.717) is 5.69 Å². The summed E-state index contributed by atoms with van der Waals surface area (Å²) in [5.41, 5.74) is 1.73. The van der Waals surface area contributed by atoms with E-state index in [0.717, 1.165) is 17.3 Å². The zero-order valence-electron chi connectivity index (χ0n) is 12.0. The normalized spacial score (nSPS) is 11.5. The number of amides is 2. The molecule has 2 amide bonds. The number of benzene rings is 1. The highest BCUT2D eigenvalue weighted by molar-refractivity contribution is 8.00. The minimum Gasteiger partial charge on any atom is -0.480 e. The molecular weight excluding hydrogens is 311 g/mol. The van der Waals surface area contributed by atoms with Gasteiger partial charge >= 0.3 is 5.97 Å². The van der Waals surface area contributed by atoms with Gasteiger partial charge in [-0.25, -0.2) is 9.18 Å². The average molecular weight is 328 g/mol. The number of aliphatic carboxylic acids is 1. The summed E-state index contributed by atoms with van der Waals surface area (Å²) >= 11 is 1.02. The molecule has 0 aliphatic rings. The minimum atomic E-state index is -1.55. The Hall–Kier alpha value is -2.09. The first kappa shape index (κ1) is 18.0. The number of alkyl halides is 1. The summed E-state index contributed by atoms with van der Waals surface area (Å²) in [5, 5.41) is 13.3. The quantitative estimate of drug-likeness (QED) is 0.666. The van der Waals surface area contributed by atoms with Crippen LogP contribution in [0.3, 0.4) is 0 Å². The number of thioether (sulfide) groups is 1. The van der Waals surface area contributed by atoms with Crippen LogP contribution in [0.2, 0.25) is 0 Å². The van der Waals surface area contributed by atoms with Gasteiger partial charge in [0.1, 0.15) is 6.67 Å². The molecule has 3 N–H and O–H groups in total. The molecule has 0 saturated carbocycles. The molecule has 22 heavy (non-hydrogen) atoms. The Kier molecular flexibility index (Phi) is 7.38. The van der Waals surface area contributed by atoms with Crippen molar-refractivity contribution in [2.24, 2.45) is 0 Å². The van der Waals surface area contributed by atoms with Crippen molar-refractivity contribution >= 4 is 35.2 Å². The van der Waals surface area contributed by atoms with Gasteiger partial charge in [-0.05, 0) is 19.1 Å². The molecule has 8 heteroatoms. The van der Waals surface area contributed by atoms with Gasteiger partial charge in [0, 0.05) is 5.69 Å². The number of carboxylic acids is 1. The van der Waals surface area contributed by atoms with E-state index >= 15 is 0 Å². The molecule has 0 aliphatic carbocycles. The van der Waals surface area contributed by atoms with Crippen molar-refractivity contribution in [2.45, 2.75) is 13.0 Å². The predicted octanol–water partition coefficient (Wildman–Crippen LogP) is 1.21. The number of hydrogen-bond acceptors (Lipinski definition) is 4. The second-order valence-electron chi connectivity index (χ2n) is 4.52. The largest absolute Gasteiger partial charge is 0.480 e. The summed E-state index contributed by atoms with van der Waals surface area (Å²) in [6, 6.07) is 5.71. The lowest BCUT2D eigenvalue weighted by molar-refractivity contribution is -0.141. The van der Waals surface area contributed by atoms with E-state index in [2.05, 4.69) is 5.32 Å². The molecule has 120 valence electrons. The third-order valence-electron chi connectivity index (χ3n) is 2.59. The molecule has 0 saturated heterocycles. The fraction of sp³-hybridized carbons (Fsp3) is 0.357. The third kappa shape index (κ3) is 6.57. The molecule has 1 rings (SSSR count). The Morgan fingerprint density at radius 1 is 1.18 bits per heavy atom. The minimum absolute atomic E-state index is 0.0364. The van der Waals surface area contributed by atoms with Gasteiger partial charge in [0.05, 0.1) is 11.5 Å². The van der Waals surface area contributed by atoms with Crippen molar-refractivity contribution in [3.8, 4) is 0 Å². The molecule has 0 heterocycles. The second kappa shape index (κ2) is 9.04. The van der Waals surface area contributed by atoms with Gasteiger partial charge in [0.2, 0.25) is 11.8 Å². The van der Waals surface area contributed by atoms with Crippen molar-refractivity contribution in [1.29, 1.82) is 0 Å². The van der Waals surface area contributed by atoms with Crippen molar-refractivity contribution in [3.05, 3.63) is 29.8 Å². The lowest BCUT2D eigenvalue weighted by Crippen LogP contribution is -2.43. The highest BCUT2D eigenvalue weighted by Gasteiger charge is 2.19. The van der Waals surface area contributed by atoms with Crippen LogP contribution < -0.4 is 10.6 Å². The lowest BCUT2D eigenvalue weighted by atomic mass is 10.2. The van der Waals surface area contributed by atoms with Crippen molar-refractivity contribution in [3.63, 3.8) is 0 Å². The number of carboxylic acid groups (broad SMARTS) is 1. The zero-order chi connectivity index (χ0) is 16.5. The molecule has 6 nitrogen and oxygen atoms in total. The van der Waals surface area contributed by atoms with Gasteiger partial charge in [-0.3, -0.25) is 9.59 Å². The Bertz CT molecular complexity index is 536. The Morgan fingerprint density at radius 2 is 1.77 bits per heavy atom. The maximum atomic E-state index is 12.3. The van der Waals surface area contributed by atoms with Crippen molar-refractivity contribution < 1.29 is 23.9 Å². The Balaban J connectivity index is 2.28. The van der Waals surface area contributed by atoms with Crippen LogP contribution >= 0.6 is 11.8 Å². The number of carbonyl (C=O) groups excluding carboxylic acids is 2. The van der Waals surface area contributed by atoms with Crippen LogP contribution in [-0.2, 0) is 14.4 Å². The number of aryl methyl sites for hydroxylation is 1. The molecule has 0 fully saturated rings. The van der Waals surface area contributed by atoms with Gasteiger partial charge in [0.25, 0.3) is 0 Å². The second-order valence-corrected chi connectivity index (χ2v) is 5.51. The molecule has 1 aromatic rings. The van der Waals surface area contributed by atoms with Crippen LogP contribution in [0.1, 0.15) is 5.56 Å². The summed E-state index contributed by atoms with van der Waals surface area (Å²) in [6.45, 7) is 0.752. The average Bonchev–Trinajstić information content (AvgIpc) is 2.47. The summed E-state index contributed by atoms with van der Waals surface area (Å²) in [4.78, 5) is 33.6.